The quantitative estimate of drug-likeness (QED) is 0.287. The zero-order valence-electron chi connectivity index (χ0n) is 14.5. The van der Waals surface area contributed by atoms with E-state index < -0.39 is 0 Å². The smallest absolute Gasteiger partial charge is 0.193 e. The van der Waals surface area contributed by atoms with Crippen molar-refractivity contribution in [2.75, 3.05) is 31.5 Å². The molecule has 4 nitrogen and oxygen atoms in total. The molecule has 23 heavy (non-hydrogen) atoms. The summed E-state index contributed by atoms with van der Waals surface area (Å²) in [5, 5.41) is 3.21. The highest BCUT2D eigenvalue weighted by Crippen LogP contribution is 2.24. The summed E-state index contributed by atoms with van der Waals surface area (Å²) in [6.45, 7) is 8.62. The Morgan fingerprint density at radius 2 is 1.91 bits per heavy atom. The van der Waals surface area contributed by atoms with Gasteiger partial charge in [0.2, 0.25) is 0 Å². The summed E-state index contributed by atoms with van der Waals surface area (Å²) in [7, 11) is 0. The lowest BCUT2D eigenvalue weighted by molar-refractivity contribution is 0.298. The molecule has 3 N–H and O–H groups in total. The number of hydrogen-bond donors (Lipinski definition) is 2. The van der Waals surface area contributed by atoms with E-state index in [2.05, 4.69) is 47.3 Å². The Labute approximate surface area is 157 Å². The van der Waals surface area contributed by atoms with Gasteiger partial charge in [-0.05, 0) is 75.0 Å². The van der Waals surface area contributed by atoms with E-state index in [1.807, 2.05) is 0 Å². The maximum absolute atomic E-state index is 5.97. The summed E-state index contributed by atoms with van der Waals surface area (Å²) < 4.78 is 0. The SMILES string of the molecule is CCN(CC)CCCCN=C(N)Nc1ccc2c(c1)CCC2.I. The summed E-state index contributed by atoms with van der Waals surface area (Å²) in [6, 6.07) is 6.53. The van der Waals surface area contributed by atoms with Crippen molar-refractivity contribution in [3.05, 3.63) is 29.3 Å². The van der Waals surface area contributed by atoms with Crippen LogP contribution in [-0.4, -0.2) is 37.0 Å². The number of aliphatic imine (C=N–C) groups is 1. The fraction of sp³-hybridized carbons (Fsp3) is 0.611. The predicted octanol–water partition coefficient (Wildman–Crippen LogP) is 3.64. The van der Waals surface area contributed by atoms with Gasteiger partial charge in [-0.1, -0.05) is 19.9 Å². The number of unbranched alkanes of at least 4 members (excludes halogenated alkanes) is 1. The monoisotopic (exact) mass is 430 g/mol. The molecule has 0 atom stereocenters. The van der Waals surface area contributed by atoms with Crippen molar-refractivity contribution < 1.29 is 0 Å². The van der Waals surface area contributed by atoms with E-state index in [1.54, 1.807) is 0 Å². The van der Waals surface area contributed by atoms with Gasteiger partial charge in [0.05, 0.1) is 0 Å². The first-order chi connectivity index (χ1) is 10.7. The van der Waals surface area contributed by atoms with Gasteiger partial charge in [-0.2, -0.15) is 0 Å². The van der Waals surface area contributed by atoms with E-state index in [1.165, 1.54) is 36.8 Å². The molecule has 130 valence electrons. The second-order valence-corrected chi connectivity index (χ2v) is 5.96. The number of nitrogens with two attached hydrogens (primary N) is 1. The van der Waals surface area contributed by atoms with Crippen LogP contribution in [0.3, 0.4) is 0 Å². The minimum Gasteiger partial charge on any atom is -0.370 e. The maximum Gasteiger partial charge on any atom is 0.193 e. The molecule has 0 aromatic heterocycles. The van der Waals surface area contributed by atoms with E-state index >= 15 is 0 Å². The molecule has 2 rings (SSSR count). The molecular weight excluding hydrogens is 399 g/mol. The van der Waals surface area contributed by atoms with Crippen LogP contribution in [0.25, 0.3) is 0 Å². The van der Waals surface area contributed by atoms with Crippen LogP contribution in [0.2, 0.25) is 0 Å². The van der Waals surface area contributed by atoms with Crippen LogP contribution >= 0.6 is 24.0 Å². The number of halogens is 1. The summed E-state index contributed by atoms with van der Waals surface area (Å²) in [5.41, 5.74) is 9.97. The van der Waals surface area contributed by atoms with Crippen molar-refractivity contribution in [3.8, 4) is 0 Å². The van der Waals surface area contributed by atoms with Crippen LogP contribution in [0.15, 0.2) is 23.2 Å². The maximum atomic E-state index is 5.97. The Hall–Kier alpha value is -0.820. The number of nitrogens with zero attached hydrogens (tertiary/aromatic N) is 2. The minimum atomic E-state index is 0. The molecule has 1 aliphatic carbocycles. The van der Waals surface area contributed by atoms with Gasteiger partial charge >= 0.3 is 0 Å². The largest absolute Gasteiger partial charge is 0.370 e. The van der Waals surface area contributed by atoms with E-state index in [0.717, 1.165) is 38.3 Å². The molecule has 0 radical (unpaired) electrons. The van der Waals surface area contributed by atoms with E-state index in [9.17, 15) is 0 Å². The second-order valence-electron chi connectivity index (χ2n) is 5.96. The van der Waals surface area contributed by atoms with Crippen molar-refractivity contribution in [1.82, 2.24) is 4.90 Å². The number of benzene rings is 1. The third-order valence-corrected chi connectivity index (χ3v) is 4.43. The first kappa shape index (κ1) is 20.2. The molecule has 0 bridgehead atoms. The van der Waals surface area contributed by atoms with Gasteiger partial charge < -0.3 is 16.0 Å². The van der Waals surface area contributed by atoms with E-state index in [4.69, 9.17) is 5.73 Å². The Morgan fingerprint density at radius 1 is 1.17 bits per heavy atom. The molecule has 5 heteroatoms. The topological polar surface area (TPSA) is 53.6 Å². The molecular formula is C18H31IN4. The predicted molar refractivity (Wildman–Crippen MR) is 111 cm³/mol. The number of fused-ring (bicyclic) bond motifs is 1. The van der Waals surface area contributed by atoms with Crippen molar-refractivity contribution in [2.45, 2.75) is 46.0 Å². The molecule has 0 fully saturated rings. The third kappa shape index (κ3) is 6.67. The molecule has 0 aliphatic heterocycles. The molecule has 1 aromatic rings. The highest BCUT2D eigenvalue weighted by atomic mass is 127. The molecule has 0 heterocycles. The molecule has 1 aromatic carbocycles. The Morgan fingerprint density at radius 3 is 2.65 bits per heavy atom. The van der Waals surface area contributed by atoms with Gasteiger partial charge in [0.25, 0.3) is 0 Å². The fourth-order valence-electron chi connectivity index (χ4n) is 3.02. The van der Waals surface area contributed by atoms with Crippen LogP contribution in [0.5, 0.6) is 0 Å². The second kappa shape index (κ2) is 10.9. The van der Waals surface area contributed by atoms with Gasteiger partial charge in [-0.25, -0.2) is 0 Å². The first-order valence-electron chi connectivity index (χ1n) is 8.64. The van der Waals surface area contributed by atoms with Crippen LogP contribution in [0.4, 0.5) is 5.69 Å². The van der Waals surface area contributed by atoms with Gasteiger partial charge in [-0.3, -0.25) is 4.99 Å². The number of rotatable bonds is 8. The fourth-order valence-corrected chi connectivity index (χ4v) is 3.02. The summed E-state index contributed by atoms with van der Waals surface area (Å²) in [6.07, 6.45) is 5.94. The van der Waals surface area contributed by atoms with Crippen LogP contribution < -0.4 is 11.1 Å². The van der Waals surface area contributed by atoms with Gasteiger partial charge in [0, 0.05) is 12.2 Å². The van der Waals surface area contributed by atoms with Crippen LogP contribution in [0.1, 0.15) is 44.2 Å². The lowest BCUT2D eigenvalue weighted by Crippen LogP contribution is -2.24. The first-order valence-corrected chi connectivity index (χ1v) is 8.64. The summed E-state index contributed by atoms with van der Waals surface area (Å²) in [4.78, 5) is 6.87. The zero-order chi connectivity index (χ0) is 15.8. The normalized spacial score (nSPS) is 13.8. The number of aryl methyl sites for hydroxylation is 2. The highest BCUT2D eigenvalue weighted by Gasteiger charge is 2.10. The highest BCUT2D eigenvalue weighted by molar-refractivity contribution is 14.0. The number of hydrogen-bond acceptors (Lipinski definition) is 2. The van der Waals surface area contributed by atoms with Crippen molar-refractivity contribution in [1.29, 1.82) is 0 Å². The molecule has 0 spiro atoms. The molecule has 0 amide bonds. The van der Waals surface area contributed by atoms with Crippen molar-refractivity contribution in [3.63, 3.8) is 0 Å². The lowest BCUT2D eigenvalue weighted by Gasteiger charge is -2.17. The van der Waals surface area contributed by atoms with Gasteiger partial charge in [0.15, 0.2) is 5.96 Å². The Kier molecular flexibility index (Phi) is 9.55. The average molecular weight is 430 g/mol. The Balaban J connectivity index is 0.00000264. The standard InChI is InChI=1S/C18H30N4.HI/c1-3-22(4-2)13-6-5-12-20-18(19)21-17-11-10-15-8-7-9-16(15)14-17;/h10-11,14H,3-9,12-13H2,1-2H3,(H3,19,20,21);1H. The molecule has 0 unspecified atom stereocenters. The summed E-state index contributed by atoms with van der Waals surface area (Å²) >= 11 is 0. The lowest BCUT2D eigenvalue weighted by atomic mass is 10.1. The van der Waals surface area contributed by atoms with Crippen LogP contribution in [-0.2, 0) is 12.8 Å². The van der Waals surface area contributed by atoms with Crippen molar-refractivity contribution in [2.24, 2.45) is 10.7 Å². The average Bonchev–Trinajstić information content (AvgIpc) is 2.98. The van der Waals surface area contributed by atoms with E-state index in [-0.39, 0.29) is 24.0 Å². The number of nitrogens with one attached hydrogen (secondary N) is 1. The molecule has 1 aliphatic rings. The summed E-state index contributed by atoms with van der Waals surface area (Å²) in [5.74, 6) is 0.529. The minimum absolute atomic E-state index is 0. The Bertz CT molecular complexity index is 498. The number of guanidine groups is 1. The third-order valence-electron chi connectivity index (χ3n) is 4.43. The van der Waals surface area contributed by atoms with Crippen LogP contribution in [0, 0.1) is 0 Å². The molecule has 0 saturated heterocycles. The molecule has 0 saturated carbocycles. The number of anilines is 1. The van der Waals surface area contributed by atoms with Crippen molar-refractivity contribution >= 4 is 35.6 Å². The van der Waals surface area contributed by atoms with E-state index in [0.29, 0.717) is 5.96 Å². The van der Waals surface area contributed by atoms with Gasteiger partial charge in [0.1, 0.15) is 0 Å². The zero-order valence-corrected chi connectivity index (χ0v) is 16.8. The van der Waals surface area contributed by atoms with Gasteiger partial charge in [-0.15, -0.1) is 24.0 Å².